The Bertz CT molecular complexity index is 498. The molecule has 8 heteroatoms. The van der Waals surface area contributed by atoms with Gasteiger partial charge in [0, 0.05) is 12.1 Å². The molecule has 1 aromatic rings. The Hall–Kier alpha value is -1.70. The minimum atomic E-state index is -3.92. The maximum atomic E-state index is 12.7. The highest BCUT2D eigenvalue weighted by Crippen LogP contribution is 2.28. The van der Waals surface area contributed by atoms with Gasteiger partial charge in [0.2, 0.25) is 5.75 Å². The van der Waals surface area contributed by atoms with Crippen molar-refractivity contribution in [2.24, 2.45) is 0 Å². The van der Waals surface area contributed by atoms with E-state index in [1.807, 2.05) is 0 Å². The third-order valence-corrected chi connectivity index (χ3v) is 1.84. The standard InChI is InChI=1S/C7H6FNO5S/c1-15(12,13)14-7-4-5(8)2-3-6(7)9(10)11/h2-4H,1H3. The Morgan fingerprint density at radius 3 is 2.53 bits per heavy atom. The summed E-state index contributed by atoms with van der Waals surface area (Å²) < 4.78 is 38.4. The van der Waals surface area contributed by atoms with Gasteiger partial charge in [0.05, 0.1) is 11.2 Å². The van der Waals surface area contributed by atoms with Gasteiger partial charge in [0.25, 0.3) is 0 Å². The van der Waals surface area contributed by atoms with Crippen molar-refractivity contribution < 1.29 is 21.9 Å². The summed E-state index contributed by atoms with van der Waals surface area (Å²) in [5.74, 6) is -1.46. The molecule has 0 heterocycles. The first-order valence-electron chi connectivity index (χ1n) is 3.63. The van der Waals surface area contributed by atoms with Crippen LogP contribution in [0.15, 0.2) is 18.2 Å². The van der Waals surface area contributed by atoms with Gasteiger partial charge in [0.1, 0.15) is 5.82 Å². The maximum absolute atomic E-state index is 12.7. The van der Waals surface area contributed by atoms with Crippen molar-refractivity contribution in [1.82, 2.24) is 0 Å². The van der Waals surface area contributed by atoms with Crippen molar-refractivity contribution >= 4 is 15.8 Å². The van der Waals surface area contributed by atoms with E-state index in [4.69, 9.17) is 0 Å². The molecule has 0 spiro atoms. The highest BCUT2D eigenvalue weighted by atomic mass is 32.2. The van der Waals surface area contributed by atoms with E-state index in [-0.39, 0.29) is 0 Å². The molecule has 1 aromatic carbocycles. The fraction of sp³-hybridized carbons (Fsp3) is 0.143. The van der Waals surface area contributed by atoms with E-state index in [0.717, 1.165) is 12.1 Å². The fourth-order valence-corrected chi connectivity index (χ4v) is 1.33. The molecule has 0 radical (unpaired) electrons. The largest absolute Gasteiger partial charge is 0.375 e. The lowest BCUT2D eigenvalue weighted by molar-refractivity contribution is -0.385. The molecule has 82 valence electrons. The number of rotatable bonds is 3. The van der Waals surface area contributed by atoms with Crippen LogP contribution >= 0.6 is 0 Å². The number of nitro groups is 1. The number of benzene rings is 1. The predicted octanol–water partition coefficient (Wildman–Crippen LogP) is 1.07. The van der Waals surface area contributed by atoms with Gasteiger partial charge in [-0.1, -0.05) is 0 Å². The zero-order valence-corrected chi connectivity index (χ0v) is 8.32. The number of nitro benzene ring substituents is 1. The third-order valence-electron chi connectivity index (χ3n) is 1.36. The summed E-state index contributed by atoms with van der Waals surface area (Å²) in [5, 5.41) is 10.4. The van der Waals surface area contributed by atoms with Gasteiger partial charge >= 0.3 is 15.8 Å². The normalized spacial score (nSPS) is 11.1. The summed E-state index contributed by atoms with van der Waals surface area (Å²) in [6, 6.07) is 2.31. The van der Waals surface area contributed by atoms with Crippen molar-refractivity contribution in [2.75, 3.05) is 6.26 Å². The van der Waals surface area contributed by atoms with E-state index in [1.54, 1.807) is 0 Å². The fourth-order valence-electron chi connectivity index (χ4n) is 0.869. The van der Waals surface area contributed by atoms with E-state index in [9.17, 15) is 22.9 Å². The average molecular weight is 235 g/mol. The first-order valence-corrected chi connectivity index (χ1v) is 5.44. The molecule has 0 aliphatic carbocycles. The highest BCUT2D eigenvalue weighted by molar-refractivity contribution is 7.86. The van der Waals surface area contributed by atoms with Gasteiger partial charge < -0.3 is 4.18 Å². The summed E-state index contributed by atoms with van der Waals surface area (Å²) in [5.41, 5.74) is -0.609. The van der Waals surface area contributed by atoms with E-state index >= 15 is 0 Å². The zero-order valence-electron chi connectivity index (χ0n) is 7.51. The summed E-state index contributed by atoms with van der Waals surface area (Å²) in [6.07, 6.45) is 0.710. The molecule has 0 aromatic heterocycles. The molecule has 0 aliphatic heterocycles. The van der Waals surface area contributed by atoms with Gasteiger partial charge in [-0.3, -0.25) is 10.1 Å². The van der Waals surface area contributed by atoms with Gasteiger partial charge in [-0.2, -0.15) is 8.42 Å². The first-order chi connectivity index (χ1) is 6.79. The van der Waals surface area contributed by atoms with Crippen molar-refractivity contribution in [3.63, 3.8) is 0 Å². The van der Waals surface area contributed by atoms with E-state index in [0.29, 0.717) is 12.3 Å². The number of hydrogen-bond donors (Lipinski definition) is 0. The van der Waals surface area contributed by atoms with Crippen LogP contribution in [0.5, 0.6) is 5.75 Å². The van der Waals surface area contributed by atoms with Crippen molar-refractivity contribution in [2.45, 2.75) is 0 Å². The molecule has 0 amide bonds. The predicted molar refractivity (Wildman–Crippen MR) is 48.5 cm³/mol. The Morgan fingerprint density at radius 2 is 2.07 bits per heavy atom. The van der Waals surface area contributed by atoms with Crippen LogP contribution in [0.1, 0.15) is 0 Å². The average Bonchev–Trinajstić information content (AvgIpc) is 1.99. The lowest BCUT2D eigenvalue weighted by Gasteiger charge is -2.03. The second kappa shape index (κ2) is 3.81. The van der Waals surface area contributed by atoms with Gasteiger partial charge in [0.15, 0.2) is 0 Å². The Kier molecular flexibility index (Phi) is 2.89. The Balaban J connectivity index is 3.25. The van der Waals surface area contributed by atoms with Gasteiger partial charge in [-0.25, -0.2) is 4.39 Å². The Labute approximate surface area is 84.6 Å². The molecular weight excluding hydrogens is 229 g/mol. The van der Waals surface area contributed by atoms with E-state index < -0.39 is 32.3 Å². The molecule has 15 heavy (non-hydrogen) atoms. The molecule has 0 N–H and O–H groups in total. The number of nitrogens with zero attached hydrogens (tertiary/aromatic N) is 1. The van der Waals surface area contributed by atoms with Gasteiger partial charge in [-0.15, -0.1) is 0 Å². The topological polar surface area (TPSA) is 86.5 Å². The molecule has 0 unspecified atom stereocenters. The smallest absolute Gasteiger partial charge is 0.312 e. The molecule has 0 bridgehead atoms. The van der Waals surface area contributed by atoms with Crippen LogP contribution in [-0.2, 0) is 10.1 Å². The molecular formula is C7H6FNO5S. The molecule has 0 fully saturated rings. The second-order valence-electron chi connectivity index (χ2n) is 2.66. The monoisotopic (exact) mass is 235 g/mol. The summed E-state index contributed by atoms with van der Waals surface area (Å²) in [7, 11) is -3.92. The quantitative estimate of drug-likeness (QED) is 0.444. The summed E-state index contributed by atoms with van der Waals surface area (Å²) >= 11 is 0. The number of hydrogen-bond acceptors (Lipinski definition) is 5. The first kappa shape index (κ1) is 11.4. The van der Waals surface area contributed by atoms with Crippen LogP contribution in [-0.4, -0.2) is 19.6 Å². The van der Waals surface area contributed by atoms with E-state index in [1.165, 1.54) is 0 Å². The molecule has 0 saturated carbocycles. The van der Waals surface area contributed by atoms with Gasteiger partial charge in [-0.05, 0) is 6.07 Å². The lowest BCUT2D eigenvalue weighted by atomic mass is 10.3. The molecule has 1 rings (SSSR count). The SMILES string of the molecule is CS(=O)(=O)Oc1cc(F)ccc1[N+](=O)[O-]. The van der Waals surface area contributed by atoms with Crippen molar-refractivity contribution in [3.8, 4) is 5.75 Å². The van der Waals surface area contributed by atoms with Crippen LogP contribution in [0.4, 0.5) is 10.1 Å². The molecule has 0 aliphatic rings. The maximum Gasteiger partial charge on any atom is 0.312 e. The van der Waals surface area contributed by atoms with E-state index in [2.05, 4.69) is 4.18 Å². The van der Waals surface area contributed by atoms with Crippen LogP contribution in [0, 0.1) is 15.9 Å². The summed E-state index contributed by atoms with van der Waals surface area (Å²) in [6.45, 7) is 0. The van der Waals surface area contributed by atoms with Crippen molar-refractivity contribution in [1.29, 1.82) is 0 Å². The molecule has 6 nitrogen and oxygen atoms in total. The Morgan fingerprint density at radius 1 is 1.47 bits per heavy atom. The van der Waals surface area contributed by atoms with Crippen molar-refractivity contribution in [3.05, 3.63) is 34.1 Å². The van der Waals surface area contributed by atoms with Crippen LogP contribution in [0.2, 0.25) is 0 Å². The highest BCUT2D eigenvalue weighted by Gasteiger charge is 2.19. The van der Waals surface area contributed by atoms with Crippen LogP contribution in [0.25, 0.3) is 0 Å². The summed E-state index contributed by atoms with van der Waals surface area (Å²) in [4.78, 5) is 9.57. The minimum absolute atomic E-state index is 0.609. The molecule has 0 saturated heterocycles. The van der Waals surface area contributed by atoms with Crippen LogP contribution in [0.3, 0.4) is 0 Å². The van der Waals surface area contributed by atoms with Crippen LogP contribution < -0.4 is 4.18 Å². The number of halogens is 1. The third kappa shape index (κ3) is 3.17. The lowest BCUT2D eigenvalue weighted by Crippen LogP contribution is -2.07. The second-order valence-corrected chi connectivity index (χ2v) is 4.23. The molecule has 0 atom stereocenters. The minimum Gasteiger partial charge on any atom is -0.375 e. The zero-order chi connectivity index (χ0) is 11.6.